The van der Waals surface area contributed by atoms with Crippen LogP contribution in [0.5, 0.6) is 0 Å². The molecule has 2 fully saturated rings. The molecule has 0 radical (unpaired) electrons. The van der Waals surface area contributed by atoms with E-state index in [0.29, 0.717) is 23.3 Å². The zero-order valence-corrected chi connectivity index (χ0v) is 12.5. The third kappa shape index (κ3) is 3.41. The first-order valence-corrected chi connectivity index (χ1v) is 9.27. The Kier molecular flexibility index (Phi) is 4.12. The minimum atomic E-state index is -2.78. The molecule has 1 unspecified atom stereocenters. The quantitative estimate of drug-likeness (QED) is 0.849. The van der Waals surface area contributed by atoms with Crippen molar-refractivity contribution in [3.05, 3.63) is 18.4 Å². The van der Waals surface area contributed by atoms with Crippen molar-refractivity contribution in [1.82, 2.24) is 9.88 Å². The third-order valence-electron chi connectivity index (χ3n) is 4.46. The van der Waals surface area contributed by atoms with Crippen molar-refractivity contribution in [2.24, 2.45) is 5.92 Å². The molecule has 1 aromatic rings. The molecule has 0 bridgehead atoms. The predicted molar refractivity (Wildman–Crippen MR) is 76.3 cm³/mol. The van der Waals surface area contributed by atoms with E-state index >= 15 is 0 Å². The summed E-state index contributed by atoms with van der Waals surface area (Å²) in [7, 11) is -2.78. The molecule has 2 aliphatic rings. The van der Waals surface area contributed by atoms with Gasteiger partial charge in [0.15, 0.2) is 15.7 Å². The Morgan fingerprint density at radius 1 is 1.30 bits per heavy atom. The number of nitrogens with zero attached hydrogens (tertiary/aromatic N) is 2. The summed E-state index contributed by atoms with van der Waals surface area (Å²) in [5.74, 6) is 2.37. The van der Waals surface area contributed by atoms with E-state index in [1.165, 1.54) is 0 Å². The normalized spacial score (nSPS) is 28.5. The van der Waals surface area contributed by atoms with Gasteiger partial charge in [0.25, 0.3) is 0 Å². The lowest BCUT2D eigenvalue weighted by atomic mass is 9.95. The molecule has 1 aromatic heterocycles. The standard InChI is InChI=1S/C14H22N2O3S/c17-20(18)9-1-2-12(11-20)10-16-6-3-13(4-7-16)14-15-5-8-19-14/h5,8,12-13H,1-4,6-7,9-11H2. The Bertz CT molecular complexity index is 519. The number of piperidine rings is 1. The molecule has 0 aromatic carbocycles. The molecule has 112 valence electrons. The fourth-order valence-corrected chi connectivity index (χ4v) is 5.19. The van der Waals surface area contributed by atoms with E-state index in [-0.39, 0.29) is 0 Å². The van der Waals surface area contributed by atoms with Gasteiger partial charge in [-0.2, -0.15) is 0 Å². The maximum absolute atomic E-state index is 11.7. The van der Waals surface area contributed by atoms with Gasteiger partial charge in [0.05, 0.1) is 17.7 Å². The summed E-state index contributed by atoms with van der Waals surface area (Å²) in [5.41, 5.74) is 0. The van der Waals surface area contributed by atoms with Crippen molar-refractivity contribution in [2.45, 2.75) is 31.6 Å². The second-order valence-electron chi connectivity index (χ2n) is 6.07. The first-order valence-electron chi connectivity index (χ1n) is 7.44. The summed E-state index contributed by atoms with van der Waals surface area (Å²) in [5, 5.41) is 0. The zero-order valence-electron chi connectivity index (χ0n) is 11.7. The van der Waals surface area contributed by atoms with Crippen LogP contribution < -0.4 is 0 Å². The van der Waals surface area contributed by atoms with Crippen molar-refractivity contribution in [2.75, 3.05) is 31.1 Å². The minimum absolute atomic E-state index is 0.326. The maximum Gasteiger partial charge on any atom is 0.197 e. The molecule has 3 rings (SSSR count). The predicted octanol–water partition coefficient (Wildman–Crippen LogP) is 1.68. The highest BCUT2D eigenvalue weighted by molar-refractivity contribution is 7.91. The van der Waals surface area contributed by atoms with Gasteiger partial charge in [-0.15, -0.1) is 0 Å². The van der Waals surface area contributed by atoms with Crippen LogP contribution in [0.15, 0.2) is 16.9 Å². The Balaban J connectivity index is 1.49. The van der Waals surface area contributed by atoms with E-state index in [9.17, 15) is 8.42 Å². The summed E-state index contributed by atoms with van der Waals surface area (Å²) in [4.78, 5) is 6.64. The van der Waals surface area contributed by atoms with Crippen LogP contribution >= 0.6 is 0 Å². The molecule has 0 N–H and O–H groups in total. The van der Waals surface area contributed by atoms with Crippen molar-refractivity contribution < 1.29 is 12.8 Å². The number of likely N-dealkylation sites (tertiary alicyclic amines) is 1. The van der Waals surface area contributed by atoms with Crippen molar-refractivity contribution in [3.63, 3.8) is 0 Å². The molecule has 20 heavy (non-hydrogen) atoms. The fraction of sp³-hybridized carbons (Fsp3) is 0.786. The Morgan fingerprint density at radius 2 is 2.10 bits per heavy atom. The van der Waals surface area contributed by atoms with E-state index in [1.807, 2.05) is 0 Å². The molecule has 0 amide bonds. The fourth-order valence-electron chi connectivity index (χ4n) is 3.43. The summed E-state index contributed by atoms with van der Waals surface area (Å²) in [6.07, 6.45) is 7.34. The highest BCUT2D eigenvalue weighted by atomic mass is 32.2. The largest absolute Gasteiger partial charge is 0.449 e. The molecule has 2 aliphatic heterocycles. The topological polar surface area (TPSA) is 63.4 Å². The molecule has 5 nitrogen and oxygen atoms in total. The van der Waals surface area contributed by atoms with Crippen LogP contribution in [-0.4, -0.2) is 49.4 Å². The van der Waals surface area contributed by atoms with Gasteiger partial charge < -0.3 is 9.32 Å². The number of oxazole rings is 1. The minimum Gasteiger partial charge on any atom is -0.449 e. The van der Waals surface area contributed by atoms with E-state index in [2.05, 4.69) is 9.88 Å². The average molecular weight is 298 g/mol. The van der Waals surface area contributed by atoms with Gasteiger partial charge in [-0.1, -0.05) is 0 Å². The van der Waals surface area contributed by atoms with Gasteiger partial charge in [-0.05, 0) is 44.7 Å². The van der Waals surface area contributed by atoms with Crippen LogP contribution in [0.2, 0.25) is 0 Å². The summed E-state index contributed by atoms with van der Waals surface area (Å²) in [6, 6.07) is 0. The molecule has 0 saturated carbocycles. The van der Waals surface area contributed by atoms with Crippen molar-refractivity contribution in [1.29, 1.82) is 0 Å². The van der Waals surface area contributed by atoms with E-state index < -0.39 is 9.84 Å². The average Bonchev–Trinajstić information content (AvgIpc) is 2.92. The van der Waals surface area contributed by atoms with Crippen LogP contribution in [0, 0.1) is 5.92 Å². The number of hydrogen-bond donors (Lipinski definition) is 0. The third-order valence-corrected chi connectivity index (χ3v) is 6.35. The molecule has 0 aliphatic carbocycles. The van der Waals surface area contributed by atoms with Gasteiger partial charge in [0, 0.05) is 12.5 Å². The summed E-state index contributed by atoms with van der Waals surface area (Å²) >= 11 is 0. The van der Waals surface area contributed by atoms with E-state index in [1.54, 1.807) is 12.5 Å². The molecule has 0 spiro atoms. The molecule has 1 atom stereocenters. The Hall–Kier alpha value is -0.880. The Morgan fingerprint density at radius 3 is 2.75 bits per heavy atom. The number of hydrogen-bond acceptors (Lipinski definition) is 5. The number of sulfone groups is 1. The van der Waals surface area contributed by atoms with E-state index in [4.69, 9.17) is 4.42 Å². The lowest BCUT2D eigenvalue weighted by Crippen LogP contribution is -2.40. The lowest BCUT2D eigenvalue weighted by molar-refractivity contribution is 0.174. The molecular formula is C14H22N2O3S. The molecular weight excluding hydrogens is 276 g/mol. The van der Waals surface area contributed by atoms with Gasteiger partial charge in [0.1, 0.15) is 6.26 Å². The monoisotopic (exact) mass is 298 g/mol. The second-order valence-corrected chi connectivity index (χ2v) is 8.30. The first kappa shape index (κ1) is 14.1. The van der Waals surface area contributed by atoms with Crippen LogP contribution in [0.1, 0.15) is 37.5 Å². The van der Waals surface area contributed by atoms with Crippen LogP contribution in [0.3, 0.4) is 0 Å². The maximum atomic E-state index is 11.7. The molecule has 6 heteroatoms. The van der Waals surface area contributed by atoms with E-state index in [0.717, 1.165) is 51.2 Å². The van der Waals surface area contributed by atoms with Crippen molar-refractivity contribution in [3.8, 4) is 0 Å². The van der Waals surface area contributed by atoms with Crippen LogP contribution in [0.4, 0.5) is 0 Å². The van der Waals surface area contributed by atoms with Crippen LogP contribution in [-0.2, 0) is 9.84 Å². The summed E-state index contributed by atoms with van der Waals surface area (Å²) in [6.45, 7) is 2.96. The number of aromatic nitrogens is 1. The summed E-state index contributed by atoms with van der Waals surface area (Å²) < 4.78 is 28.7. The molecule has 2 saturated heterocycles. The SMILES string of the molecule is O=S1(=O)CCCC(CN2CCC(c3ncco3)CC2)C1. The first-order chi connectivity index (χ1) is 9.62. The van der Waals surface area contributed by atoms with Crippen LogP contribution in [0.25, 0.3) is 0 Å². The molecule has 3 heterocycles. The van der Waals surface area contributed by atoms with Crippen molar-refractivity contribution >= 4 is 9.84 Å². The second kappa shape index (κ2) is 5.85. The van der Waals surface area contributed by atoms with Gasteiger partial charge in [0.2, 0.25) is 0 Å². The smallest absolute Gasteiger partial charge is 0.197 e. The van der Waals surface area contributed by atoms with Gasteiger partial charge >= 0.3 is 0 Å². The zero-order chi connectivity index (χ0) is 14.0. The van der Waals surface area contributed by atoms with Gasteiger partial charge in [-0.25, -0.2) is 13.4 Å². The highest BCUT2D eigenvalue weighted by Crippen LogP contribution is 2.28. The number of rotatable bonds is 3. The lowest BCUT2D eigenvalue weighted by Gasteiger charge is -2.34. The Labute approximate surface area is 120 Å². The highest BCUT2D eigenvalue weighted by Gasteiger charge is 2.29. The van der Waals surface area contributed by atoms with Gasteiger partial charge in [-0.3, -0.25) is 0 Å².